The Kier molecular flexibility index (Phi) is 9.99. The maximum absolute atomic E-state index is 14.9. The third kappa shape index (κ3) is 6.50. The van der Waals surface area contributed by atoms with E-state index in [0.29, 0.717) is 24.0 Å². The summed E-state index contributed by atoms with van der Waals surface area (Å²) in [5.74, 6) is 0.201. The Labute approximate surface area is 267 Å². The van der Waals surface area contributed by atoms with Crippen molar-refractivity contribution in [2.45, 2.75) is 45.3 Å². The van der Waals surface area contributed by atoms with Gasteiger partial charge in [-0.1, -0.05) is 61.4 Å². The number of methoxy groups -OCH3 is 1. The van der Waals surface area contributed by atoms with Gasteiger partial charge in [0.1, 0.15) is 16.4 Å². The van der Waals surface area contributed by atoms with Crippen LogP contribution in [-0.4, -0.2) is 29.4 Å². The molecule has 2 aromatic heterocycles. The molecule has 0 radical (unpaired) electrons. The topological polar surface area (TPSA) is 51.5 Å². The number of ether oxygens (including phenoxy) is 1. The van der Waals surface area contributed by atoms with Crippen LogP contribution < -0.4 is 10.2 Å². The lowest BCUT2D eigenvalue weighted by molar-refractivity contribution is 0.0921. The van der Waals surface area contributed by atoms with Crippen molar-refractivity contribution in [1.29, 1.82) is 0 Å². The molecule has 1 saturated carbocycles. The molecule has 228 valence electrons. The number of hydrogen-bond donors (Lipinski definition) is 0. The number of aromatic nitrogens is 1. The molecule has 0 spiro atoms. The van der Waals surface area contributed by atoms with Gasteiger partial charge in [0.05, 0.1) is 24.6 Å². The SMILES string of the molecule is COc1ccc(-c2sc3c(c2CN(C)Cc2ccccc2)c(=O)c(C(=O)C2CCCC2)cn3Cc2ccccc2F)cc1.Cl. The Bertz CT molecular complexity index is 1810. The highest BCUT2D eigenvalue weighted by Gasteiger charge is 2.29. The summed E-state index contributed by atoms with van der Waals surface area (Å²) in [6.45, 7) is 1.42. The van der Waals surface area contributed by atoms with Crippen molar-refractivity contribution in [3.8, 4) is 16.2 Å². The van der Waals surface area contributed by atoms with Crippen LogP contribution in [-0.2, 0) is 19.6 Å². The lowest BCUT2D eigenvalue weighted by Crippen LogP contribution is -2.24. The minimum Gasteiger partial charge on any atom is -0.497 e. The second-order valence-corrected chi connectivity index (χ2v) is 12.4. The number of carbonyl (C=O) groups is 1. The largest absolute Gasteiger partial charge is 0.497 e. The second kappa shape index (κ2) is 13.9. The fraction of sp³-hybridized carbons (Fsp3) is 0.278. The number of rotatable bonds is 10. The van der Waals surface area contributed by atoms with Gasteiger partial charge >= 0.3 is 0 Å². The number of nitrogens with zero attached hydrogens (tertiary/aromatic N) is 2. The van der Waals surface area contributed by atoms with Crippen LogP contribution in [0.2, 0.25) is 0 Å². The number of hydrogen-bond acceptors (Lipinski definition) is 5. The Hall–Kier alpha value is -3.78. The van der Waals surface area contributed by atoms with Crippen LogP contribution in [0.4, 0.5) is 4.39 Å². The minimum atomic E-state index is -0.312. The van der Waals surface area contributed by atoms with E-state index in [1.165, 1.54) is 23.0 Å². The molecule has 2 heterocycles. The summed E-state index contributed by atoms with van der Waals surface area (Å²) in [5.41, 5.74) is 3.51. The second-order valence-electron chi connectivity index (χ2n) is 11.4. The molecule has 0 atom stereocenters. The number of halogens is 2. The zero-order valence-corrected chi connectivity index (χ0v) is 26.6. The van der Waals surface area contributed by atoms with Crippen LogP contribution in [0.3, 0.4) is 0 Å². The first-order chi connectivity index (χ1) is 20.9. The van der Waals surface area contributed by atoms with Gasteiger partial charge in [-0.2, -0.15) is 0 Å². The van der Waals surface area contributed by atoms with Crippen molar-refractivity contribution in [3.05, 3.63) is 123 Å². The first-order valence-corrected chi connectivity index (χ1v) is 15.6. The van der Waals surface area contributed by atoms with Crippen LogP contribution >= 0.6 is 23.7 Å². The molecular weight excluding hydrogens is 595 g/mol. The number of benzene rings is 3. The summed E-state index contributed by atoms with van der Waals surface area (Å²) >= 11 is 1.52. The predicted octanol–water partition coefficient (Wildman–Crippen LogP) is 8.35. The standard InChI is InChI=1S/C36H35FN2O3S.ClH/c1-38(20-24-10-4-3-5-11-24)22-29-32-34(41)30(33(40)25-12-6-7-13-25)23-39(21-27-14-8-9-15-31(27)37)36(32)43-35(29)26-16-18-28(42-2)19-17-26;/h3-5,8-11,14-19,23,25H,6-7,12-13,20-22H2,1-2H3;1H. The Morgan fingerprint density at radius 2 is 1.66 bits per heavy atom. The van der Waals surface area contributed by atoms with Crippen molar-refractivity contribution < 1.29 is 13.9 Å². The smallest absolute Gasteiger partial charge is 0.201 e. The van der Waals surface area contributed by atoms with E-state index >= 15 is 0 Å². The van der Waals surface area contributed by atoms with E-state index in [4.69, 9.17) is 4.74 Å². The monoisotopic (exact) mass is 630 g/mol. The minimum absolute atomic E-state index is 0. The first-order valence-electron chi connectivity index (χ1n) is 14.8. The van der Waals surface area contributed by atoms with Gasteiger partial charge in [-0.05, 0) is 66.9 Å². The third-order valence-corrected chi connectivity index (χ3v) is 9.69. The normalized spacial score (nSPS) is 13.4. The molecule has 3 aromatic carbocycles. The number of thiophene rings is 1. The van der Waals surface area contributed by atoms with Crippen molar-refractivity contribution in [1.82, 2.24) is 9.47 Å². The van der Waals surface area contributed by atoms with E-state index in [-0.39, 0.29) is 47.5 Å². The van der Waals surface area contributed by atoms with Gasteiger partial charge in [-0.25, -0.2) is 4.39 Å². The summed E-state index contributed by atoms with van der Waals surface area (Å²) in [4.78, 5) is 32.1. The molecule has 0 saturated heterocycles. The fourth-order valence-electron chi connectivity index (χ4n) is 6.15. The number of pyridine rings is 1. The van der Waals surface area contributed by atoms with E-state index < -0.39 is 0 Å². The van der Waals surface area contributed by atoms with E-state index in [1.54, 1.807) is 25.4 Å². The maximum Gasteiger partial charge on any atom is 0.201 e. The van der Waals surface area contributed by atoms with Crippen molar-refractivity contribution >= 4 is 39.7 Å². The van der Waals surface area contributed by atoms with Gasteiger partial charge in [0.15, 0.2) is 5.78 Å². The summed E-state index contributed by atoms with van der Waals surface area (Å²) in [5, 5.41) is 0.552. The molecule has 1 aliphatic carbocycles. The number of Topliss-reactive ketones (excluding diaryl/α,β-unsaturated/α-hetero) is 1. The van der Waals surface area contributed by atoms with Crippen molar-refractivity contribution in [2.24, 2.45) is 5.92 Å². The molecule has 5 nitrogen and oxygen atoms in total. The fourth-order valence-corrected chi connectivity index (χ4v) is 7.44. The van der Waals surface area contributed by atoms with Gasteiger partial charge in [-0.3, -0.25) is 14.5 Å². The van der Waals surface area contributed by atoms with Crippen molar-refractivity contribution in [2.75, 3.05) is 14.2 Å². The van der Waals surface area contributed by atoms with Gasteiger partial charge in [-0.15, -0.1) is 23.7 Å². The molecule has 5 aromatic rings. The summed E-state index contributed by atoms with van der Waals surface area (Å²) in [6.07, 6.45) is 5.28. The lowest BCUT2D eigenvalue weighted by Gasteiger charge is -2.18. The summed E-state index contributed by atoms with van der Waals surface area (Å²) in [6, 6.07) is 24.7. The third-order valence-electron chi connectivity index (χ3n) is 8.37. The average Bonchev–Trinajstić information content (AvgIpc) is 3.69. The predicted molar refractivity (Wildman–Crippen MR) is 179 cm³/mol. The molecule has 0 N–H and O–H groups in total. The zero-order valence-electron chi connectivity index (χ0n) is 24.9. The lowest BCUT2D eigenvalue weighted by atomic mass is 9.95. The number of fused-ring (bicyclic) bond motifs is 1. The Morgan fingerprint density at radius 1 is 0.977 bits per heavy atom. The molecule has 1 fully saturated rings. The highest BCUT2D eigenvalue weighted by Crippen LogP contribution is 2.40. The van der Waals surface area contributed by atoms with E-state index in [2.05, 4.69) is 17.0 Å². The molecule has 0 bridgehead atoms. The molecular formula is C36H36ClFN2O3S. The molecule has 8 heteroatoms. The zero-order chi connectivity index (χ0) is 29.9. The quantitative estimate of drug-likeness (QED) is 0.146. The van der Waals surface area contributed by atoms with E-state index in [9.17, 15) is 14.0 Å². The van der Waals surface area contributed by atoms with E-state index in [0.717, 1.165) is 52.3 Å². The average molecular weight is 631 g/mol. The van der Waals surface area contributed by atoms with Crippen molar-refractivity contribution in [3.63, 3.8) is 0 Å². The van der Waals surface area contributed by atoms with Crippen LogP contribution in [0.1, 0.15) is 52.7 Å². The van der Waals surface area contributed by atoms with Gasteiger partial charge in [0, 0.05) is 35.6 Å². The Balaban J connectivity index is 0.00000384. The van der Waals surface area contributed by atoms with Crippen LogP contribution in [0.5, 0.6) is 5.75 Å². The number of carbonyl (C=O) groups excluding carboxylic acids is 1. The Morgan fingerprint density at radius 3 is 2.34 bits per heavy atom. The van der Waals surface area contributed by atoms with Gasteiger partial charge < -0.3 is 9.30 Å². The molecule has 0 amide bonds. The molecule has 0 aliphatic heterocycles. The molecule has 0 unspecified atom stereocenters. The highest BCUT2D eigenvalue weighted by molar-refractivity contribution is 7.22. The van der Waals surface area contributed by atoms with Crippen LogP contribution in [0.25, 0.3) is 20.7 Å². The number of ketones is 1. The molecule has 1 aliphatic rings. The first kappa shape index (κ1) is 31.6. The maximum atomic E-state index is 14.9. The van der Waals surface area contributed by atoms with Gasteiger partial charge in [0.25, 0.3) is 0 Å². The summed E-state index contributed by atoms with van der Waals surface area (Å²) < 4.78 is 22.2. The van der Waals surface area contributed by atoms with E-state index in [1.807, 2.05) is 60.1 Å². The van der Waals surface area contributed by atoms with Crippen LogP contribution in [0, 0.1) is 11.7 Å². The molecule has 44 heavy (non-hydrogen) atoms. The summed E-state index contributed by atoms with van der Waals surface area (Å²) in [7, 11) is 3.68. The van der Waals surface area contributed by atoms with Crippen LogP contribution in [0.15, 0.2) is 89.9 Å². The molecule has 6 rings (SSSR count). The highest BCUT2D eigenvalue weighted by atomic mass is 35.5. The van der Waals surface area contributed by atoms with Gasteiger partial charge in [0.2, 0.25) is 5.43 Å².